The number of aliphatic hydroxyl groups excluding tert-OH is 1. The number of aromatic nitrogens is 2. The van der Waals surface area contributed by atoms with Gasteiger partial charge < -0.3 is 14.6 Å². The summed E-state index contributed by atoms with van der Waals surface area (Å²) in [6.45, 7) is 4.25. The van der Waals surface area contributed by atoms with Crippen molar-refractivity contribution in [3.63, 3.8) is 0 Å². The minimum Gasteiger partial charge on any atom is -0.507 e. The van der Waals surface area contributed by atoms with Crippen molar-refractivity contribution in [1.82, 2.24) is 10.2 Å². The topological polar surface area (TPSA) is 102 Å². The average molecular weight is 604 g/mol. The van der Waals surface area contributed by atoms with Crippen LogP contribution in [0.1, 0.15) is 42.1 Å². The van der Waals surface area contributed by atoms with E-state index in [9.17, 15) is 19.1 Å². The van der Waals surface area contributed by atoms with Gasteiger partial charge in [0, 0.05) is 17.7 Å². The SMILES string of the molecule is CCOc1cccc(C2C(=C(O)c3ccc4c(c3)CC(C)O4)C(=O)C(=O)N2c2nnc(SCc3ccccc3F)s2)c1. The molecule has 6 rings (SSSR count). The maximum atomic E-state index is 14.1. The minimum absolute atomic E-state index is 0.00661. The minimum atomic E-state index is -0.980. The maximum Gasteiger partial charge on any atom is 0.301 e. The van der Waals surface area contributed by atoms with Gasteiger partial charge in [0.2, 0.25) is 5.13 Å². The van der Waals surface area contributed by atoms with Gasteiger partial charge in [0.25, 0.3) is 5.78 Å². The predicted octanol–water partition coefficient (Wildman–Crippen LogP) is 6.32. The number of Topliss-reactive ketones (excluding diaryl/α,β-unsaturated/α-hetero) is 1. The number of rotatable bonds is 8. The number of thioether (sulfide) groups is 1. The Bertz CT molecular complexity index is 1720. The van der Waals surface area contributed by atoms with E-state index in [0.29, 0.717) is 45.6 Å². The van der Waals surface area contributed by atoms with Gasteiger partial charge in [0.15, 0.2) is 4.34 Å². The number of hydrogen-bond donors (Lipinski definition) is 1. The Morgan fingerprint density at radius 3 is 2.79 bits per heavy atom. The summed E-state index contributed by atoms with van der Waals surface area (Å²) in [4.78, 5) is 28.4. The molecule has 2 atom stereocenters. The standard InChI is InChI=1S/C31H26FN3O5S2/c1-3-39-22-9-6-8-18(15-22)26-25(27(36)19-11-12-24-21(14-19)13-17(2)40-24)28(37)29(38)35(26)30-33-34-31(42-30)41-16-20-7-4-5-10-23(20)32/h4-12,14-15,17,26,36H,3,13,16H2,1-2H3. The summed E-state index contributed by atoms with van der Waals surface area (Å²) in [5.41, 5.74) is 2.35. The van der Waals surface area contributed by atoms with Crippen LogP contribution in [0.15, 0.2) is 76.6 Å². The van der Waals surface area contributed by atoms with Crippen LogP contribution in [0.2, 0.25) is 0 Å². The van der Waals surface area contributed by atoms with Crippen molar-refractivity contribution >= 4 is 45.7 Å². The van der Waals surface area contributed by atoms with E-state index in [1.807, 2.05) is 13.8 Å². The van der Waals surface area contributed by atoms with Crippen molar-refractivity contribution in [2.45, 2.75) is 42.5 Å². The molecule has 0 aliphatic carbocycles. The highest BCUT2D eigenvalue weighted by atomic mass is 32.2. The zero-order chi connectivity index (χ0) is 29.4. The van der Waals surface area contributed by atoms with Crippen molar-refractivity contribution in [3.05, 3.63) is 100 Å². The van der Waals surface area contributed by atoms with Crippen LogP contribution in [0, 0.1) is 5.82 Å². The molecule has 3 heterocycles. The number of fused-ring (bicyclic) bond motifs is 1. The van der Waals surface area contributed by atoms with E-state index in [-0.39, 0.29) is 28.4 Å². The van der Waals surface area contributed by atoms with Crippen molar-refractivity contribution in [3.8, 4) is 11.5 Å². The van der Waals surface area contributed by atoms with Crippen molar-refractivity contribution in [2.75, 3.05) is 11.5 Å². The first-order valence-corrected chi connectivity index (χ1v) is 15.2. The second-order valence-corrected chi connectivity index (χ2v) is 12.0. The summed E-state index contributed by atoms with van der Waals surface area (Å²) in [5.74, 6) is -0.660. The summed E-state index contributed by atoms with van der Waals surface area (Å²) in [6, 6.07) is 17.8. The Kier molecular flexibility index (Phi) is 7.70. The van der Waals surface area contributed by atoms with Crippen LogP contribution >= 0.6 is 23.1 Å². The van der Waals surface area contributed by atoms with Crippen molar-refractivity contribution in [1.29, 1.82) is 0 Å². The average Bonchev–Trinajstić information content (AvgIpc) is 3.67. The number of halogens is 1. The van der Waals surface area contributed by atoms with Crippen LogP contribution in [0.4, 0.5) is 9.52 Å². The highest BCUT2D eigenvalue weighted by molar-refractivity contribution is 8.00. The second-order valence-electron chi connectivity index (χ2n) is 9.86. The van der Waals surface area contributed by atoms with Crippen LogP contribution in [-0.4, -0.2) is 39.7 Å². The Hall–Kier alpha value is -4.22. The molecule has 0 radical (unpaired) electrons. The predicted molar refractivity (Wildman–Crippen MR) is 158 cm³/mol. The summed E-state index contributed by atoms with van der Waals surface area (Å²) in [7, 11) is 0. The van der Waals surface area contributed by atoms with Crippen LogP contribution in [-0.2, 0) is 21.8 Å². The van der Waals surface area contributed by atoms with Crippen molar-refractivity contribution < 1.29 is 28.6 Å². The van der Waals surface area contributed by atoms with Crippen LogP contribution in [0.25, 0.3) is 5.76 Å². The molecule has 2 aliphatic rings. The monoisotopic (exact) mass is 603 g/mol. The lowest BCUT2D eigenvalue weighted by Gasteiger charge is -2.23. The molecule has 0 spiro atoms. The summed E-state index contributed by atoms with van der Waals surface area (Å²) in [5, 5.41) is 20.2. The number of carbonyl (C=O) groups is 2. The first kappa shape index (κ1) is 27.9. The number of aliphatic hydroxyl groups is 1. The number of ketones is 1. The van der Waals surface area contributed by atoms with E-state index >= 15 is 0 Å². The molecule has 11 heteroatoms. The normalized spacial score (nSPS) is 19.2. The zero-order valence-corrected chi connectivity index (χ0v) is 24.4. The van der Waals surface area contributed by atoms with Crippen LogP contribution in [0.5, 0.6) is 11.5 Å². The van der Waals surface area contributed by atoms with Gasteiger partial charge in [0.05, 0.1) is 18.2 Å². The van der Waals surface area contributed by atoms with Gasteiger partial charge in [-0.15, -0.1) is 10.2 Å². The maximum absolute atomic E-state index is 14.1. The Labute approximate surface area is 249 Å². The molecule has 4 aromatic rings. The molecule has 1 N–H and O–H groups in total. The van der Waals surface area contributed by atoms with Crippen LogP contribution < -0.4 is 14.4 Å². The molecule has 214 valence electrons. The van der Waals surface area contributed by atoms with E-state index < -0.39 is 17.7 Å². The third-order valence-electron chi connectivity index (χ3n) is 7.01. The first-order chi connectivity index (χ1) is 20.3. The van der Waals surface area contributed by atoms with Gasteiger partial charge in [-0.3, -0.25) is 14.5 Å². The van der Waals surface area contributed by atoms with E-state index in [1.54, 1.807) is 60.7 Å². The summed E-state index contributed by atoms with van der Waals surface area (Å²) >= 11 is 2.40. The lowest BCUT2D eigenvalue weighted by molar-refractivity contribution is -0.132. The number of amides is 1. The van der Waals surface area contributed by atoms with E-state index in [4.69, 9.17) is 9.47 Å². The van der Waals surface area contributed by atoms with Crippen molar-refractivity contribution in [2.24, 2.45) is 0 Å². The lowest BCUT2D eigenvalue weighted by Crippen LogP contribution is -2.29. The molecule has 42 heavy (non-hydrogen) atoms. The molecule has 1 amide bonds. The number of anilines is 1. The quantitative estimate of drug-likeness (QED) is 0.0821. The fourth-order valence-electron chi connectivity index (χ4n) is 5.12. The van der Waals surface area contributed by atoms with Gasteiger partial charge in [0.1, 0.15) is 29.2 Å². The van der Waals surface area contributed by atoms with Gasteiger partial charge in [-0.05, 0) is 66.9 Å². The number of ether oxygens (including phenoxy) is 2. The molecule has 1 aromatic heterocycles. The van der Waals surface area contributed by atoms with E-state index in [2.05, 4.69) is 10.2 Å². The highest BCUT2D eigenvalue weighted by Gasteiger charge is 2.48. The van der Waals surface area contributed by atoms with Gasteiger partial charge in [-0.2, -0.15) is 0 Å². The molecular formula is C31H26FN3O5S2. The third-order valence-corrected chi connectivity index (χ3v) is 9.11. The fraction of sp³-hybridized carbons (Fsp3) is 0.226. The Balaban J connectivity index is 1.40. The molecule has 0 saturated carbocycles. The van der Waals surface area contributed by atoms with Gasteiger partial charge in [-0.1, -0.05) is 53.4 Å². The molecule has 0 bridgehead atoms. The second kappa shape index (κ2) is 11.6. The molecule has 8 nitrogen and oxygen atoms in total. The molecular weight excluding hydrogens is 577 g/mol. The van der Waals surface area contributed by atoms with Gasteiger partial charge >= 0.3 is 5.91 Å². The largest absolute Gasteiger partial charge is 0.507 e. The van der Waals surface area contributed by atoms with Crippen LogP contribution in [0.3, 0.4) is 0 Å². The van der Waals surface area contributed by atoms with E-state index in [0.717, 1.165) is 22.6 Å². The lowest BCUT2D eigenvalue weighted by atomic mass is 9.94. The zero-order valence-electron chi connectivity index (χ0n) is 22.7. The smallest absolute Gasteiger partial charge is 0.301 e. The summed E-state index contributed by atoms with van der Waals surface area (Å²) < 4.78 is 26.1. The molecule has 2 unspecified atom stereocenters. The Morgan fingerprint density at radius 2 is 1.98 bits per heavy atom. The van der Waals surface area contributed by atoms with Gasteiger partial charge in [-0.25, -0.2) is 4.39 Å². The Morgan fingerprint density at radius 1 is 1.14 bits per heavy atom. The summed E-state index contributed by atoms with van der Waals surface area (Å²) in [6.07, 6.45) is 0.676. The molecule has 3 aromatic carbocycles. The first-order valence-electron chi connectivity index (χ1n) is 13.4. The number of benzene rings is 3. The van der Waals surface area contributed by atoms with E-state index in [1.165, 1.54) is 22.7 Å². The fourth-order valence-corrected chi connectivity index (χ4v) is 6.98. The molecule has 1 fully saturated rings. The molecule has 2 aliphatic heterocycles. The molecule has 1 saturated heterocycles. The number of nitrogens with zero attached hydrogens (tertiary/aromatic N) is 3. The third kappa shape index (κ3) is 5.25. The number of hydrogen-bond acceptors (Lipinski definition) is 9. The number of carbonyl (C=O) groups excluding carboxylic acids is 2. The highest BCUT2D eigenvalue weighted by Crippen LogP contribution is 2.45.